The average Bonchev–Trinajstić information content (AvgIpc) is 2.30. The van der Waals surface area contributed by atoms with E-state index in [0.29, 0.717) is 7.28 Å². The van der Waals surface area contributed by atoms with Crippen molar-refractivity contribution in [2.45, 2.75) is 31.1 Å². The number of ether oxygens (including phenoxy) is 1. The van der Waals surface area contributed by atoms with Crippen LogP contribution in [0.5, 0.6) is 0 Å². The lowest BCUT2D eigenvalue weighted by molar-refractivity contribution is -0.00900. The molecule has 1 fully saturated rings. The molecule has 0 spiro atoms. The van der Waals surface area contributed by atoms with Crippen molar-refractivity contribution < 1.29 is 20.1 Å². The fourth-order valence-electron chi connectivity index (χ4n) is 1.31. The summed E-state index contributed by atoms with van der Waals surface area (Å²) >= 11 is 0. The van der Waals surface area contributed by atoms with Gasteiger partial charge in [0.2, 0.25) is 0 Å². The fourth-order valence-corrected chi connectivity index (χ4v) is 1.31. The molecular formula is C6H13BO4. The SMILES string of the molecule is CB[C@@H]1O[C@H](CO)[C@H](O)[C@@H]1O. The molecule has 0 saturated carbocycles. The third-order valence-corrected chi connectivity index (χ3v) is 2.04. The summed E-state index contributed by atoms with van der Waals surface area (Å²) in [6, 6.07) is -0.331. The van der Waals surface area contributed by atoms with E-state index in [0.717, 1.165) is 0 Å². The van der Waals surface area contributed by atoms with Gasteiger partial charge in [-0.1, -0.05) is 6.82 Å². The van der Waals surface area contributed by atoms with Gasteiger partial charge in [-0.2, -0.15) is 0 Å². The molecule has 0 aromatic heterocycles. The van der Waals surface area contributed by atoms with Crippen molar-refractivity contribution in [3.63, 3.8) is 0 Å². The molecule has 1 aliphatic heterocycles. The number of hydrogen-bond donors (Lipinski definition) is 3. The van der Waals surface area contributed by atoms with Gasteiger partial charge in [0.25, 0.3) is 0 Å². The van der Waals surface area contributed by atoms with Gasteiger partial charge >= 0.3 is 0 Å². The third kappa shape index (κ3) is 1.56. The first kappa shape index (κ1) is 9.00. The first-order valence-corrected chi connectivity index (χ1v) is 3.83. The van der Waals surface area contributed by atoms with Crippen LogP contribution in [0.25, 0.3) is 0 Å². The van der Waals surface area contributed by atoms with E-state index >= 15 is 0 Å². The molecule has 3 N–H and O–H groups in total. The highest BCUT2D eigenvalue weighted by molar-refractivity contribution is 6.35. The Bertz CT molecular complexity index is 114. The van der Waals surface area contributed by atoms with Crippen molar-refractivity contribution in [3.8, 4) is 0 Å². The first-order valence-electron chi connectivity index (χ1n) is 3.83. The van der Waals surface area contributed by atoms with E-state index in [1.807, 2.05) is 6.82 Å². The molecule has 4 nitrogen and oxygen atoms in total. The number of hydrogen-bond acceptors (Lipinski definition) is 4. The van der Waals surface area contributed by atoms with Gasteiger partial charge in [0.15, 0.2) is 7.28 Å². The second kappa shape index (κ2) is 3.54. The lowest BCUT2D eigenvalue weighted by Gasteiger charge is -2.10. The number of aliphatic hydroxyl groups excluding tert-OH is 3. The van der Waals surface area contributed by atoms with Crippen molar-refractivity contribution in [3.05, 3.63) is 0 Å². The van der Waals surface area contributed by atoms with Crippen LogP contribution >= 0.6 is 0 Å². The summed E-state index contributed by atoms with van der Waals surface area (Å²) in [5.74, 6) is 0. The van der Waals surface area contributed by atoms with Gasteiger partial charge in [-0.3, -0.25) is 0 Å². The molecule has 1 heterocycles. The Balaban J connectivity index is 2.53. The smallest absolute Gasteiger partial charge is 0.158 e. The lowest BCUT2D eigenvalue weighted by atomic mass is 9.72. The number of rotatable bonds is 2. The standard InChI is InChI=1S/C6H13BO4/c1-7-6-5(10)4(9)3(2-8)11-6/h3-10H,2H2,1H3/t3-,4+,5+,6-/m1/s1. The Morgan fingerprint density at radius 1 is 1.36 bits per heavy atom. The second-order valence-electron chi connectivity index (χ2n) is 2.78. The molecule has 0 aromatic carbocycles. The molecule has 1 rings (SSSR count). The maximum atomic E-state index is 9.27. The minimum absolute atomic E-state index is 0.241. The summed E-state index contributed by atoms with van der Waals surface area (Å²) in [5, 5.41) is 27.2. The monoisotopic (exact) mass is 160 g/mol. The van der Waals surface area contributed by atoms with Gasteiger partial charge in [-0.15, -0.1) is 0 Å². The van der Waals surface area contributed by atoms with Gasteiger partial charge in [0, 0.05) is 0 Å². The Hall–Kier alpha value is -0.0951. The molecule has 0 bridgehead atoms. The molecule has 0 unspecified atom stereocenters. The maximum Gasteiger partial charge on any atom is 0.158 e. The summed E-state index contributed by atoms with van der Waals surface area (Å²) in [4.78, 5) is 0. The molecule has 64 valence electrons. The molecule has 0 amide bonds. The zero-order chi connectivity index (χ0) is 8.43. The van der Waals surface area contributed by atoms with E-state index in [2.05, 4.69) is 0 Å². The largest absolute Gasteiger partial charge is 0.394 e. The highest BCUT2D eigenvalue weighted by Gasteiger charge is 2.40. The molecule has 0 aliphatic carbocycles. The van der Waals surface area contributed by atoms with Crippen molar-refractivity contribution in [1.82, 2.24) is 0 Å². The van der Waals surface area contributed by atoms with E-state index in [9.17, 15) is 10.2 Å². The van der Waals surface area contributed by atoms with Gasteiger partial charge in [0.05, 0.1) is 12.6 Å². The molecule has 0 aromatic rings. The van der Waals surface area contributed by atoms with Gasteiger partial charge < -0.3 is 20.1 Å². The first-order chi connectivity index (χ1) is 5.20. The van der Waals surface area contributed by atoms with Gasteiger partial charge in [-0.05, 0) is 0 Å². The van der Waals surface area contributed by atoms with Gasteiger partial charge in [0.1, 0.15) is 18.3 Å². The lowest BCUT2D eigenvalue weighted by Crippen LogP contribution is -2.35. The molecule has 4 atom stereocenters. The fraction of sp³-hybridized carbons (Fsp3) is 1.00. The summed E-state index contributed by atoms with van der Waals surface area (Å²) in [6.45, 7) is 1.62. The highest BCUT2D eigenvalue weighted by atomic mass is 16.5. The predicted molar refractivity (Wildman–Crippen MR) is 40.8 cm³/mol. The average molecular weight is 160 g/mol. The zero-order valence-electron chi connectivity index (χ0n) is 6.47. The normalized spacial score (nSPS) is 44.4. The van der Waals surface area contributed by atoms with Crippen LogP contribution in [-0.2, 0) is 4.74 Å². The highest BCUT2D eigenvalue weighted by Crippen LogP contribution is 2.19. The minimum Gasteiger partial charge on any atom is -0.394 e. The van der Waals surface area contributed by atoms with Crippen LogP contribution in [0.1, 0.15) is 0 Å². The number of aliphatic hydroxyl groups is 3. The van der Waals surface area contributed by atoms with Gasteiger partial charge in [-0.25, -0.2) is 0 Å². The van der Waals surface area contributed by atoms with Crippen molar-refractivity contribution in [2.75, 3.05) is 6.61 Å². The summed E-state index contributed by atoms with van der Waals surface area (Å²) in [6.07, 6.45) is -2.41. The quantitative estimate of drug-likeness (QED) is 0.405. The van der Waals surface area contributed by atoms with E-state index in [1.54, 1.807) is 0 Å². The second-order valence-corrected chi connectivity index (χ2v) is 2.78. The van der Waals surface area contributed by atoms with Crippen LogP contribution in [0.3, 0.4) is 0 Å². The Labute approximate surface area is 66.0 Å². The minimum atomic E-state index is -0.940. The molecule has 0 radical (unpaired) electrons. The summed E-state index contributed by atoms with van der Waals surface area (Å²) in [5.41, 5.74) is 0. The molecule has 11 heavy (non-hydrogen) atoms. The Morgan fingerprint density at radius 3 is 2.27 bits per heavy atom. The van der Waals surface area contributed by atoms with E-state index in [-0.39, 0.29) is 12.6 Å². The van der Waals surface area contributed by atoms with E-state index in [4.69, 9.17) is 9.84 Å². The van der Waals surface area contributed by atoms with Crippen LogP contribution in [0.4, 0.5) is 0 Å². The van der Waals surface area contributed by atoms with Crippen LogP contribution in [0.2, 0.25) is 6.82 Å². The van der Waals surface area contributed by atoms with Crippen LogP contribution in [0, 0.1) is 0 Å². The van der Waals surface area contributed by atoms with Crippen molar-refractivity contribution in [2.24, 2.45) is 0 Å². The Kier molecular flexibility index (Phi) is 2.89. The zero-order valence-corrected chi connectivity index (χ0v) is 6.47. The van der Waals surface area contributed by atoms with Crippen LogP contribution < -0.4 is 0 Å². The molecular weight excluding hydrogens is 147 g/mol. The van der Waals surface area contributed by atoms with Crippen LogP contribution in [0.15, 0.2) is 0 Å². The Morgan fingerprint density at radius 2 is 2.00 bits per heavy atom. The third-order valence-electron chi connectivity index (χ3n) is 2.04. The summed E-state index contributed by atoms with van der Waals surface area (Å²) in [7, 11) is 0.648. The maximum absolute atomic E-state index is 9.27. The van der Waals surface area contributed by atoms with E-state index in [1.165, 1.54) is 0 Å². The van der Waals surface area contributed by atoms with Crippen molar-refractivity contribution in [1.29, 1.82) is 0 Å². The topological polar surface area (TPSA) is 69.9 Å². The van der Waals surface area contributed by atoms with Crippen molar-refractivity contribution >= 4 is 7.28 Å². The molecule has 1 saturated heterocycles. The predicted octanol–water partition coefficient (Wildman–Crippen LogP) is -2.09. The molecule has 5 heteroatoms. The summed E-state index contributed by atoms with van der Waals surface area (Å²) < 4.78 is 5.13. The van der Waals surface area contributed by atoms with Crippen LogP contribution in [-0.4, -0.2) is 53.5 Å². The molecule has 1 aliphatic rings. The van der Waals surface area contributed by atoms with E-state index < -0.39 is 18.3 Å².